The van der Waals surface area contributed by atoms with Crippen molar-refractivity contribution in [3.05, 3.63) is 27.5 Å². The first-order valence-corrected chi connectivity index (χ1v) is 7.82. The Hall–Kier alpha value is -1.07. The first-order valence-electron chi connectivity index (χ1n) is 6.21. The van der Waals surface area contributed by atoms with Crippen LogP contribution in [0.3, 0.4) is 0 Å². The molecule has 0 aliphatic rings. The lowest BCUT2D eigenvalue weighted by Crippen LogP contribution is -2.34. The van der Waals surface area contributed by atoms with Crippen LogP contribution in [0.5, 0.6) is 0 Å². The topological polar surface area (TPSA) is 46.3 Å². The molecular formula is C14H17BrN2OS. The van der Waals surface area contributed by atoms with Gasteiger partial charge in [-0.15, -0.1) is 11.3 Å². The zero-order valence-electron chi connectivity index (χ0n) is 11.2. The fraction of sp³-hybridized carbons (Fsp3) is 0.357. The number of amides is 1. The quantitative estimate of drug-likeness (QED) is 0.913. The fourth-order valence-electron chi connectivity index (χ4n) is 1.92. The summed E-state index contributed by atoms with van der Waals surface area (Å²) in [5, 5.41) is 0.938. The van der Waals surface area contributed by atoms with Crippen LogP contribution in [-0.2, 0) is 0 Å². The van der Waals surface area contributed by atoms with E-state index in [0.29, 0.717) is 10.6 Å². The van der Waals surface area contributed by atoms with Crippen molar-refractivity contribution in [2.45, 2.75) is 26.3 Å². The molecule has 19 heavy (non-hydrogen) atoms. The molecule has 0 spiro atoms. The number of carbonyl (C=O) groups is 1. The number of nitrogens with zero attached hydrogens (tertiary/aromatic N) is 1. The smallest absolute Gasteiger partial charge is 0.266 e. The largest absolute Gasteiger partial charge is 0.397 e. The maximum Gasteiger partial charge on any atom is 0.266 e. The van der Waals surface area contributed by atoms with Crippen molar-refractivity contribution in [2.75, 3.05) is 12.8 Å². The minimum Gasteiger partial charge on any atom is -0.397 e. The minimum absolute atomic E-state index is 0.0000463. The summed E-state index contributed by atoms with van der Waals surface area (Å²) in [6.07, 6.45) is 0.927. The SMILES string of the molecule is CCC(C)N(C)C(=O)c1sc2cccc(Br)c2c1N. The molecule has 0 fully saturated rings. The molecule has 0 bridgehead atoms. The van der Waals surface area contributed by atoms with Gasteiger partial charge in [-0.05, 0) is 25.5 Å². The third-order valence-electron chi connectivity index (χ3n) is 3.47. The van der Waals surface area contributed by atoms with Crippen molar-refractivity contribution in [1.29, 1.82) is 0 Å². The number of carbonyl (C=O) groups excluding carboxylic acids is 1. The van der Waals surface area contributed by atoms with Crippen LogP contribution in [0.1, 0.15) is 29.9 Å². The summed E-state index contributed by atoms with van der Waals surface area (Å²) in [6, 6.07) is 6.09. The molecule has 1 heterocycles. The summed E-state index contributed by atoms with van der Waals surface area (Å²) in [6.45, 7) is 4.11. The van der Waals surface area contributed by atoms with E-state index in [1.165, 1.54) is 11.3 Å². The Morgan fingerprint density at radius 1 is 1.53 bits per heavy atom. The van der Waals surface area contributed by atoms with Gasteiger partial charge in [0.2, 0.25) is 0 Å². The molecular weight excluding hydrogens is 324 g/mol. The van der Waals surface area contributed by atoms with Gasteiger partial charge in [0.05, 0.1) is 5.69 Å². The first-order chi connectivity index (χ1) is 8.97. The number of anilines is 1. The first kappa shape index (κ1) is 14.3. The molecule has 1 aromatic heterocycles. The summed E-state index contributed by atoms with van der Waals surface area (Å²) in [5.74, 6) is -0.0000463. The molecule has 0 radical (unpaired) electrons. The van der Waals surface area contributed by atoms with Crippen molar-refractivity contribution in [3.63, 3.8) is 0 Å². The lowest BCUT2D eigenvalue weighted by atomic mass is 10.2. The van der Waals surface area contributed by atoms with Gasteiger partial charge >= 0.3 is 0 Å². The third-order valence-corrected chi connectivity index (χ3v) is 5.29. The number of nitrogens with two attached hydrogens (primary N) is 1. The number of benzene rings is 1. The molecule has 2 rings (SSSR count). The second-order valence-corrected chi connectivity index (χ2v) is 6.54. The van der Waals surface area contributed by atoms with Crippen molar-refractivity contribution in [3.8, 4) is 0 Å². The summed E-state index contributed by atoms with van der Waals surface area (Å²) in [4.78, 5) is 14.9. The van der Waals surface area contributed by atoms with E-state index in [4.69, 9.17) is 5.73 Å². The predicted molar refractivity (Wildman–Crippen MR) is 85.8 cm³/mol. The molecule has 0 aliphatic heterocycles. The molecule has 3 nitrogen and oxygen atoms in total. The number of hydrogen-bond donors (Lipinski definition) is 1. The Morgan fingerprint density at radius 2 is 2.21 bits per heavy atom. The Labute approximate surface area is 125 Å². The lowest BCUT2D eigenvalue weighted by molar-refractivity contribution is 0.0746. The van der Waals surface area contributed by atoms with Crippen LogP contribution >= 0.6 is 27.3 Å². The summed E-state index contributed by atoms with van der Waals surface area (Å²) < 4.78 is 1.97. The highest BCUT2D eigenvalue weighted by atomic mass is 79.9. The third kappa shape index (κ3) is 2.49. The zero-order valence-corrected chi connectivity index (χ0v) is 13.6. The van der Waals surface area contributed by atoms with Gasteiger partial charge in [-0.3, -0.25) is 4.79 Å². The molecule has 102 valence electrons. The number of fused-ring (bicyclic) bond motifs is 1. The molecule has 0 aliphatic carbocycles. The van der Waals surface area contributed by atoms with Gasteiger partial charge in [0.25, 0.3) is 5.91 Å². The van der Waals surface area contributed by atoms with Crippen LogP contribution in [-0.4, -0.2) is 23.9 Å². The van der Waals surface area contributed by atoms with E-state index in [0.717, 1.165) is 21.0 Å². The molecule has 2 N–H and O–H groups in total. The van der Waals surface area contributed by atoms with Crippen molar-refractivity contribution in [2.24, 2.45) is 0 Å². The van der Waals surface area contributed by atoms with Crippen LogP contribution < -0.4 is 5.73 Å². The van der Waals surface area contributed by atoms with E-state index in [2.05, 4.69) is 22.9 Å². The average molecular weight is 341 g/mol. The molecule has 1 aromatic carbocycles. The van der Waals surface area contributed by atoms with Gasteiger partial charge < -0.3 is 10.6 Å². The van der Waals surface area contributed by atoms with Crippen LogP contribution in [0.2, 0.25) is 0 Å². The van der Waals surface area contributed by atoms with E-state index < -0.39 is 0 Å². The fourth-order valence-corrected chi connectivity index (χ4v) is 3.77. The second kappa shape index (κ2) is 5.51. The summed E-state index contributed by atoms with van der Waals surface area (Å²) >= 11 is 4.95. The van der Waals surface area contributed by atoms with Gasteiger partial charge in [-0.2, -0.15) is 0 Å². The van der Waals surface area contributed by atoms with Crippen LogP contribution in [0.4, 0.5) is 5.69 Å². The lowest BCUT2D eigenvalue weighted by Gasteiger charge is -2.23. The van der Waals surface area contributed by atoms with E-state index in [1.54, 1.807) is 4.90 Å². The van der Waals surface area contributed by atoms with Crippen molar-refractivity contribution < 1.29 is 4.79 Å². The minimum atomic E-state index is -0.0000463. The number of rotatable bonds is 3. The summed E-state index contributed by atoms with van der Waals surface area (Å²) in [5.41, 5.74) is 6.73. The van der Waals surface area contributed by atoms with E-state index in [9.17, 15) is 4.79 Å². The Kier molecular flexibility index (Phi) is 4.16. The van der Waals surface area contributed by atoms with E-state index in [-0.39, 0.29) is 11.9 Å². The molecule has 0 saturated heterocycles. The Morgan fingerprint density at radius 3 is 2.79 bits per heavy atom. The normalized spacial score (nSPS) is 12.6. The zero-order chi connectivity index (χ0) is 14.2. The number of thiophene rings is 1. The standard InChI is InChI=1S/C14H17BrN2OS/c1-4-8(2)17(3)14(18)13-12(16)11-9(15)6-5-7-10(11)19-13/h5-8H,4,16H2,1-3H3. The molecule has 1 unspecified atom stereocenters. The average Bonchev–Trinajstić information content (AvgIpc) is 2.74. The number of hydrogen-bond acceptors (Lipinski definition) is 3. The maximum absolute atomic E-state index is 12.5. The van der Waals surface area contributed by atoms with Gasteiger partial charge in [0, 0.05) is 27.6 Å². The molecule has 2 aromatic rings. The molecule has 1 amide bonds. The van der Waals surface area contributed by atoms with E-state index >= 15 is 0 Å². The Balaban J connectivity index is 2.49. The van der Waals surface area contributed by atoms with Gasteiger partial charge in [-0.1, -0.05) is 28.9 Å². The van der Waals surface area contributed by atoms with Gasteiger partial charge in [0.15, 0.2) is 0 Å². The van der Waals surface area contributed by atoms with Crippen molar-refractivity contribution in [1.82, 2.24) is 4.90 Å². The van der Waals surface area contributed by atoms with Gasteiger partial charge in [-0.25, -0.2) is 0 Å². The monoisotopic (exact) mass is 340 g/mol. The van der Waals surface area contributed by atoms with E-state index in [1.807, 2.05) is 32.2 Å². The highest BCUT2D eigenvalue weighted by Crippen LogP contribution is 2.38. The number of halogens is 1. The highest BCUT2D eigenvalue weighted by molar-refractivity contribution is 9.10. The van der Waals surface area contributed by atoms with Gasteiger partial charge in [0.1, 0.15) is 4.88 Å². The highest BCUT2D eigenvalue weighted by Gasteiger charge is 2.22. The van der Waals surface area contributed by atoms with Crippen molar-refractivity contribution >= 4 is 48.9 Å². The van der Waals surface area contributed by atoms with Crippen LogP contribution in [0, 0.1) is 0 Å². The molecule has 0 saturated carbocycles. The predicted octanol–water partition coefficient (Wildman–Crippen LogP) is 4.12. The molecule has 1 atom stereocenters. The summed E-state index contributed by atoms with van der Waals surface area (Å²) in [7, 11) is 1.83. The maximum atomic E-state index is 12.5. The molecule has 5 heteroatoms. The second-order valence-electron chi connectivity index (χ2n) is 4.63. The van der Waals surface area contributed by atoms with Crippen LogP contribution in [0.15, 0.2) is 22.7 Å². The number of nitrogen functional groups attached to an aromatic ring is 1. The van der Waals surface area contributed by atoms with Crippen LogP contribution in [0.25, 0.3) is 10.1 Å². The Bertz CT molecular complexity index is 623.